The van der Waals surface area contributed by atoms with Crippen molar-refractivity contribution in [1.82, 2.24) is 14.8 Å². The van der Waals surface area contributed by atoms with Crippen LogP contribution < -0.4 is 0 Å². The third-order valence-corrected chi connectivity index (χ3v) is 4.21. The van der Waals surface area contributed by atoms with Crippen LogP contribution in [0.5, 0.6) is 0 Å². The van der Waals surface area contributed by atoms with E-state index in [0.29, 0.717) is 18.3 Å². The van der Waals surface area contributed by atoms with Crippen molar-refractivity contribution in [3.05, 3.63) is 23.3 Å². The lowest BCUT2D eigenvalue weighted by Crippen LogP contribution is -2.26. The summed E-state index contributed by atoms with van der Waals surface area (Å²) in [5.74, 6) is 1.22. The van der Waals surface area contributed by atoms with Crippen molar-refractivity contribution in [2.45, 2.75) is 25.2 Å². The second-order valence-electron chi connectivity index (χ2n) is 4.66. The van der Waals surface area contributed by atoms with E-state index in [1.165, 1.54) is 0 Å². The molecule has 1 aliphatic rings. The molecule has 1 saturated carbocycles. The average molecular weight is 277 g/mol. The zero-order valence-electron chi connectivity index (χ0n) is 10.9. The van der Waals surface area contributed by atoms with E-state index in [1.54, 1.807) is 16.0 Å². The molecule has 2 aromatic heterocycles. The number of ether oxygens (including phenoxy) is 1. The third kappa shape index (κ3) is 1.96. The lowest BCUT2D eigenvalue weighted by atomic mass is 10.1. The molecule has 0 saturated heterocycles. The molecule has 1 aliphatic carbocycles. The Balaban J connectivity index is 1.96. The predicted molar refractivity (Wildman–Crippen MR) is 71.9 cm³/mol. The van der Waals surface area contributed by atoms with Gasteiger partial charge in [0.2, 0.25) is 0 Å². The molecule has 0 atom stereocenters. The van der Waals surface area contributed by atoms with Gasteiger partial charge in [0.25, 0.3) is 0 Å². The molecule has 0 aliphatic heterocycles. The Morgan fingerprint density at radius 2 is 2.37 bits per heavy atom. The Morgan fingerprint density at radius 3 is 2.95 bits per heavy atom. The molecular weight excluding hydrogens is 262 g/mol. The van der Waals surface area contributed by atoms with E-state index in [1.807, 2.05) is 31.5 Å². The van der Waals surface area contributed by atoms with E-state index in [-0.39, 0.29) is 5.97 Å². The van der Waals surface area contributed by atoms with E-state index in [4.69, 9.17) is 4.74 Å². The number of esters is 1. The quantitative estimate of drug-likeness (QED) is 0.803. The van der Waals surface area contributed by atoms with Gasteiger partial charge in [0.1, 0.15) is 11.2 Å². The Morgan fingerprint density at radius 1 is 1.58 bits per heavy atom. The SMILES string of the molecule is CCOC(=O)C1(c2nc(-c3cccs3)nn2C)CC1. The molecule has 19 heavy (non-hydrogen) atoms. The highest BCUT2D eigenvalue weighted by atomic mass is 32.1. The Labute approximate surface area is 115 Å². The van der Waals surface area contributed by atoms with Crippen molar-refractivity contribution in [2.75, 3.05) is 6.61 Å². The Bertz CT molecular complexity index is 599. The number of hydrogen-bond donors (Lipinski definition) is 0. The zero-order chi connectivity index (χ0) is 13.5. The average Bonchev–Trinajstić information content (AvgIpc) is 2.85. The highest BCUT2D eigenvalue weighted by molar-refractivity contribution is 7.13. The summed E-state index contributed by atoms with van der Waals surface area (Å²) in [5, 5.41) is 6.40. The van der Waals surface area contributed by atoms with E-state index in [9.17, 15) is 4.79 Å². The van der Waals surface area contributed by atoms with Crippen molar-refractivity contribution in [3.63, 3.8) is 0 Å². The fourth-order valence-electron chi connectivity index (χ4n) is 2.22. The van der Waals surface area contributed by atoms with Gasteiger partial charge in [0, 0.05) is 7.05 Å². The molecule has 1 fully saturated rings. The standard InChI is InChI=1S/C13H15N3O2S/c1-3-18-12(17)13(6-7-13)11-14-10(15-16(11)2)9-5-4-8-19-9/h4-5,8H,3,6-7H2,1-2H3. The summed E-state index contributed by atoms with van der Waals surface area (Å²) < 4.78 is 6.87. The van der Waals surface area contributed by atoms with Crippen LogP contribution in [0.2, 0.25) is 0 Å². The molecule has 0 spiro atoms. The van der Waals surface area contributed by atoms with E-state index < -0.39 is 5.41 Å². The Kier molecular flexibility index (Phi) is 2.89. The number of aryl methyl sites for hydroxylation is 1. The maximum Gasteiger partial charge on any atom is 0.319 e. The van der Waals surface area contributed by atoms with Gasteiger partial charge in [-0.05, 0) is 31.2 Å². The number of carbonyl (C=O) groups excluding carboxylic acids is 1. The van der Waals surface area contributed by atoms with E-state index in [0.717, 1.165) is 17.7 Å². The number of rotatable bonds is 4. The highest BCUT2D eigenvalue weighted by Gasteiger charge is 2.56. The van der Waals surface area contributed by atoms with Crippen molar-refractivity contribution in [1.29, 1.82) is 0 Å². The molecule has 2 heterocycles. The number of aromatic nitrogens is 3. The summed E-state index contributed by atoms with van der Waals surface area (Å²) in [6, 6.07) is 3.95. The first kappa shape index (κ1) is 12.3. The van der Waals surface area contributed by atoms with Crippen LogP contribution in [-0.2, 0) is 22.0 Å². The largest absolute Gasteiger partial charge is 0.465 e. The maximum atomic E-state index is 12.1. The number of nitrogens with zero attached hydrogens (tertiary/aromatic N) is 3. The summed E-state index contributed by atoms with van der Waals surface area (Å²) in [5.41, 5.74) is -0.562. The monoisotopic (exact) mass is 277 g/mol. The predicted octanol–water partition coefficient (Wildman–Crippen LogP) is 2.14. The minimum atomic E-state index is -0.562. The Hall–Kier alpha value is -1.69. The molecule has 6 heteroatoms. The molecule has 0 N–H and O–H groups in total. The lowest BCUT2D eigenvalue weighted by molar-refractivity contribution is -0.146. The van der Waals surface area contributed by atoms with Crippen molar-refractivity contribution >= 4 is 17.3 Å². The van der Waals surface area contributed by atoms with Gasteiger partial charge in [-0.2, -0.15) is 5.10 Å². The molecule has 5 nitrogen and oxygen atoms in total. The van der Waals surface area contributed by atoms with Crippen LogP contribution in [0.25, 0.3) is 10.7 Å². The fraction of sp³-hybridized carbons (Fsp3) is 0.462. The molecule has 0 aromatic carbocycles. The normalized spacial score (nSPS) is 16.3. The van der Waals surface area contributed by atoms with Gasteiger partial charge in [-0.3, -0.25) is 9.48 Å². The molecule has 0 bridgehead atoms. The van der Waals surface area contributed by atoms with Gasteiger partial charge >= 0.3 is 5.97 Å². The second kappa shape index (κ2) is 4.45. The molecule has 100 valence electrons. The first-order valence-electron chi connectivity index (χ1n) is 6.30. The summed E-state index contributed by atoms with van der Waals surface area (Å²) in [6.07, 6.45) is 1.59. The molecule has 0 radical (unpaired) electrons. The first-order chi connectivity index (χ1) is 9.17. The van der Waals surface area contributed by atoms with Crippen LogP contribution >= 0.6 is 11.3 Å². The summed E-state index contributed by atoms with van der Waals surface area (Å²) in [6.45, 7) is 2.22. The van der Waals surface area contributed by atoms with Gasteiger partial charge in [-0.15, -0.1) is 11.3 Å². The smallest absolute Gasteiger partial charge is 0.319 e. The van der Waals surface area contributed by atoms with Crippen LogP contribution in [0.1, 0.15) is 25.6 Å². The third-order valence-electron chi connectivity index (χ3n) is 3.35. The summed E-state index contributed by atoms with van der Waals surface area (Å²) >= 11 is 1.59. The molecular formula is C13H15N3O2S. The zero-order valence-corrected chi connectivity index (χ0v) is 11.7. The fourth-order valence-corrected chi connectivity index (χ4v) is 2.88. The minimum absolute atomic E-state index is 0.178. The van der Waals surface area contributed by atoms with Gasteiger partial charge in [0.15, 0.2) is 5.82 Å². The van der Waals surface area contributed by atoms with Crippen molar-refractivity contribution < 1.29 is 9.53 Å². The molecule has 0 unspecified atom stereocenters. The minimum Gasteiger partial charge on any atom is -0.465 e. The first-order valence-corrected chi connectivity index (χ1v) is 7.18. The second-order valence-corrected chi connectivity index (χ2v) is 5.61. The number of carbonyl (C=O) groups is 1. The number of thiophene rings is 1. The van der Waals surface area contributed by atoms with Crippen LogP contribution in [0.3, 0.4) is 0 Å². The van der Waals surface area contributed by atoms with E-state index >= 15 is 0 Å². The number of hydrogen-bond acceptors (Lipinski definition) is 5. The van der Waals surface area contributed by atoms with Gasteiger partial charge < -0.3 is 4.74 Å². The summed E-state index contributed by atoms with van der Waals surface area (Å²) in [7, 11) is 1.83. The van der Waals surface area contributed by atoms with Gasteiger partial charge in [-0.25, -0.2) is 4.98 Å². The lowest BCUT2D eigenvalue weighted by Gasteiger charge is -2.12. The van der Waals surface area contributed by atoms with Crippen molar-refractivity contribution in [3.8, 4) is 10.7 Å². The van der Waals surface area contributed by atoms with Crippen molar-refractivity contribution in [2.24, 2.45) is 7.05 Å². The van der Waals surface area contributed by atoms with Crippen LogP contribution in [0, 0.1) is 0 Å². The van der Waals surface area contributed by atoms with Crippen LogP contribution in [-0.4, -0.2) is 27.3 Å². The van der Waals surface area contributed by atoms with Crippen LogP contribution in [0.15, 0.2) is 17.5 Å². The highest BCUT2D eigenvalue weighted by Crippen LogP contribution is 2.48. The summed E-state index contributed by atoms with van der Waals surface area (Å²) in [4.78, 5) is 17.6. The molecule has 3 rings (SSSR count). The molecule has 2 aromatic rings. The molecule has 0 amide bonds. The van der Waals surface area contributed by atoms with Gasteiger partial charge in [0.05, 0.1) is 11.5 Å². The van der Waals surface area contributed by atoms with E-state index in [2.05, 4.69) is 10.1 Å². The topological polar surface area (TPSA) is 57.0 Å². The van der Waals surface area contributed by atoms with Gasteiger partial charge in [-0.1, -0.05) is 6.07 Å². The maximum absolute atomic E-state index is 12.1. The van der Waals surface area contributed by atoms with Crippen LogP contribution in [0.4, 0.5) is 0 Å².